The Labute approximate surface area is 147 Å². The first kappa shape index (κ1) is 17.7. The van der Waals surface area contributed by atoms with Crippen LogP contribution in [0.15, 0.2) is 42.5 Å². The van der Waals surface area contributed by atoms with E-state index in [-0.39, 0.29) is 5.82 Å². The molecule has 1 aliphatic heterocycles. The van der Waals surface area contributed by atoms with E-state index in [0.717, 1.165) is 36.6 Å². The fourth-order valence-corrected chi connectivity index (χ4v) is 3.37. The number of hydrogen-bond donors (Lipinski definition) is 1. The van der Waals surface area contributed by atoms with Gasteiger partial charge in [-0.3, -0.25) is 4.90 Å². The van der Waals surface area contributed by atoms with Crippen LogP contribution in [0.4, 0.5) is 4.39 Å². The summed E-state index contributed by atoms with van der Waals surface area (Å²) >= 11 is 0. The van der Waals surface area contributed by atoms with Crippen molar-refractivity contribution in [3.8, 4) is 11.5 Å². The van der Waals surface area contributed by atoms with Crippen molar-refractivity contribution in [2.75, 3.05) is 33.9 Å². The molecule has 4 nitrogen and oxygen atoms in total. The zero-order chi connectivity index (χ0) is 17.8. The van der Waals surface area contributed by atoms with Crippen molar-refractivity contribution in [3.63, 3.8) is 0 Å². The second-order valence-corrected chi connectivity index (χ2v) is 6.46. The number of aliphatic hydroxyl groups is 1. The molecule has 2 atom stereocenters. The molecule has 1 aliphatic rings. The second-order valence-electron chi connectivity index (χ2n) is 6.46. The van der Waals surface area contributed by atoms with Gasteiger partial charge in [-0.05, 0) is 54.3 Å². The molecular formula is C20H24FNO3. The third-order valence-corrected chi connectivity index (χ3v) is 4.80. The van der Waals surface area contributed by atoms with Crippen LogP contribution in [0.25, 0.3) is 0 Å². The summed E-state index contributed by atoms with van der Waals surface area (Å²) in [5.41, 5.74) is 1.93. The molecule has 0 bridgehead atoms. The van der Waals surface area contributed by atoms with E-state index in [2.05, 4.69) is 4.90 Å². The molecule has 1 N–H and O–H groups in total. The van der Waals surface area contributed by atoms with E-state index in [4.69, 9.17) is 9.47 Å². The summed E-state index contributed by atoms with van der Waals surface area (Å²) in [6.45, 7) is 2.33. The molecule has 0 amide bonds. The van der Waals surface area contributed by atoms with E-state index in [0.29, 0.717) is 12.5 Å². The number of methoxy groups -OCH3 is 2. The number of likely N-dealkylation sites (tertiary alicyclic amines) is 1. The number of aliphatic hydroxyl groups excluding tert-OH is 1. The van der Waals surface area contributed by atoms with Crippen molar-refractivity contribution < 1.29 is 19.0 Å². The number of nitrogens with zero attached hydrogens (tertiary/aromatic N) is 1. The fourth-order valence-electron chi connectivity index (χ4n) is 3.37. The average molecular weight is 345 g/mol. The van der Waals surface area contributed by atoms with E-state index < -0.39 is 6.10 Å². The summed E-state index contributed by atoms with van der Waals surface area (Å²) in [6, 6.07) is 12.0. The van der Waals surface area contributed by atoms with Crippen molar-refractivity contribution in [1.29, 1.82) is 0 Å². The summed E-state index contributed by atoms with van der Waals surface area (Å²) in [6.07, 6.45) is 0.408. The van der Waals surface area contributed by atoms with Crippen molar-refractivity contribution in [2.24, 2.45) is 0 Å². The molecular weight excluding hydrogens is 321 g/mol. The maximum Gasteiger partial charge on any atom is 0.123 e. The van der Waals surface area contributed by atoms with Crippen molar-refractivity contribution in [3.05, 3.63) is 59.4 Å². The van der Waals surface area contributed by atoms with Gasteiger partial charge in [0.25, 0.3) is 0 Å². The summed E-state index contributed by atoms with van der Waals surface area (Å²) in [5, 5.41) is 10.4. The molecule has 1 fully saturated rings. The molecule has 3 rings (SSSR count). The molecule has 0 aliphatic carbocycles. The zero-order valence-electron chi connectivity index (χ0n) is 14.6. The van der Waals surface area contributed by atoms with Gasteiger partial charge in [0.05, 0.1) is 20.3 Å². The maximum atomic E-state index is 13.0. The van der Waals surface area contributed by atoms with Crippen molar-refractivity contribution >= 4 is 0 Å². The van der Waals surface area contributed by atoms with Gasteiger partial charge in [-0.15, -0.1) is 0 Å². The van der Waals surface area contributed by atoms with Gasteiger partial charge in [0.2, 0.25) is 0 Å². The minimum atomic E-state index is -0.612. The molecule has 5 heteroatoms. The molecule has 1 heterocycles. The lowest BCUT2D eigenvalue weighted by Gasteiger charge is -2.21. The van der Waals surface area contributed by atoms with Crippen LogP contribution in [0.2, 0.25) is 0 Å². The van der Waals surface area contributed by atoms with E-state index in [1.165, 1.54) is 17.7 Å². The predicted octanol–water partition coefficient (Wildman–Crippen LogP) is 3.37. The van der Waals surface area contributed by atoms with Crippen molar-refractivity contribution in [2.45, 2.75) is 18.4 Å². The van der Waals surface area contributed by atoms with E-state index in [1.807, 2.05) is 18.2 Å². The number of β-amino-alcohol motifs (C(OH)–C–C–N with tert-alkyl or cyclic N) is 1. The average Bonchev–Trinajstić information content (AvgIpc) is 3.10. The lowest BCUT2D eigenvalue weighted by Crippen LogP contribution is -2.26. The third kappa shape index (κ3) is 4.30. The topological polar surface area (TPSA) is 41.9 Å². The predicted molar refractivity (Wildman–Crippen MR) is 94.7 cm³/mol. The highest BCUT2D eigenvalue weighted by Gasteiger charge is 2.26. The minimum absolute atomic E-state index is 0.288. The van der Waals surface area contributed by atoms with Crippen LogP contribution in [0.1, 0.15) is 29.6 Å². The Morgan fingerprint density at radius 2 is 1.76 bits per heavy atom. The molecule has 1 saturated heterocycles. The van der Waals surface area contributed by atoms with Gasteiger partial charge in [0.15, 0.2) is 0 Å². The number of ether oxygens (including phenoxy) is 2. The zero-order valence-corrected chi connectivity index (χ0v) is 14.6. The minimum Gasteiger partial charge on any atom is -0.497 e. The Morgan fingerprint density at radius 3 is 2.36 bits per heavy atom. The van der Waals surface area contributed by atoms with E-state index >= 15 is 0 Å². The van der Waals surface area contributed by atoms with Gasteiger partial charge in [-0.25, -0.2) is 4.39 Å². The summed E-state index contributed by atoms with van der Waals surface area (Å²) in [4.78, 5) is 2.24. The van der Waals surface area contributed by atoms with Crippen LogP contribution < -0.4 is 9.47 Å². The smallest absolute Gasteiger partial charge is 0.123 e. The van der Waals surface area contributed by atoms with Gasteiger partial charge in [-0.1, -0.05) is 12.1 Å². The SMILES string of the molecule is COc1cc(OC)cc(C2CCN(CC(O)c3ccc(F)cc3)C2)c1. The lowest BCUT2D eigenvalue weighted by molar-refractivity contribution is 0.125. The third-order valence-electron chi connectivity index (χ3n) is 4.80. The summed E-state index contributed by atoms with van der Waals surface area (Å²) < 4.78 is 23.7. The molecule has 2 aromatic rings. The maximum absolute atomic E-state index is 13.0. The van der Waals surface area contributed by atoms with E-state index in [1.54, 1.807) is 26.4 Å². The van der Waals surface area contributed by atoms with Crippen LogP contribution in [0.5, 0.6) is 11.5 Å². The first-order valence-electron chi connectivity index (χ1n) is 8.48. The summed E-state index contributed by atoms with van der Waals surface area (Å²) in [7, 11) is 3.30. The van der Waals surface area contributed by atoms with Crippen LogP contribution in [-0.2, 0) is 0 Å². The van der Waals surface area contributed by atoms with Crippen LogP contribution in [-0.4, -0.2) is 43.9 Å². The normalized spacial score (nSPS) is 19.0. The highest BCUT2D eigenvalue weighted by molar-refractivity contribution is 5.40. The summed E-state index contributed by atoms with van der Waals surface area (Å²) in [5.74, 6) is 1.67. The first-order chi connectivity index (χ1) is 12.1. The Bertz CT molecular complexity index is 682. The number of hydrogen-bond acceptors (Lipinski definition) is 4. The second kappa shape index (κ2) is 7.85. The van der Waals surface area contributed by atoms with Gasteiger partial charge >= 0.3 is 0 Å². The monoisotopic (exact) mass is 345 g/mol. The van der Waals surface area contributed by atoms with Gasteiger partial charge in [0.1, 0.15) is 17.3 Å². The largest absolute Gasteiger partial charge is 0.497 e. The number of benzene rings is 2. The quantitative estimate of drug-likeness (QED) is 0.872. The van der Waals surface area contributed by atoms with Crippen LogP contribution in [0, 0.1) is 5.82 Å². The lowest BCUT2D eigenvalue weighted by atomic mass is 9.98. The van der Waals surface area contributed by atoms with Gasteiger partial charge < -0.3 is 14.6 Å². The molecule has 0 spiro atoms. The molecule has 0 aromatic heterocycles. The molecule has 2 unspecified atom stereocenters. The molecule has 134 valence electrons. The Hall–Kier alpha value is -2.11. The highest BCUT2D eigenvalue weighted by atomic mass is 19.1. The highest BCUT2D eigenvalue weighted by Crippen LogP contribution is 2.33. The van der Waals surface area contributed by atoms with Gasteiger partial charge in [0, 0.05) is 19.2 Å². The number of halogens is 1. The Morgan fingerprint density at radius 1 is 1.12 bits per heavy atom. The number of rotatable bonds is 6. The molecule has 0 radical (unpaired) electrons. The molecule has 25 heavy (non-hydrogen) atoms. The molecule has 2 aromatic carbocycles. The first-order valence-corrected chi connectivity index (χ1v) is 8.48. The van der Waals surface area contributed by atoms with Crippen molar-refractivity contribution in [1.82, 2.24) is 4.90 Å². The Balaban J connectivity index is 1.64. The van der Waals surface area contributed by atoms with Crippen LogP contribution in [0.3, 0.4) is 0 Å². The van der Waals surface area contributed by atoms with Gasteiger partial charge in [-0.2, -0.15) is 0 Å². The molecule has 0 saturated carbocycles. The Kier molecular flexibility index (Phi) is 5.56. The standard InChI is InChI=1S/C20H24FNO3/c1-24-18-9-16(10-19(11-18)25-2)15-7-8-22(12-15)13-20(23)14-3-5-17(21)6-4-14/h3-6,9-11,15,20,23H,7-8,12-13H2,1-2H3. The van der Waals surface area contributed by atoms with Crippen LogP contribution >= 0.6 is 0 Å². The fraction of sp³-hybridized carbons (Fsp3) is 0.400. The van der Waals surface area contributed by atoms with E-state index in [9.17, 15) is 9.50 Å².